The Morgan fingerprint density at radius 2 is 2.50 bits per heavy atom. The average molecular weight is 212 g/mol. The van der Waals surface area contributed by atoms with Gasteiger partial charge in [0.2, 0.25) is 10.1 Å². The first-order valence-electron chi connectivity index (χ1n) is 4.39. The molecule has 14 heavy (non-hydrogen) atoms. The summed E-state index contributed by atoms with van der Waals surface area (Å²) in [4.78, 5) is 5.15. The predicted octanol–water partition coefficient (Wildman–Crippen LogP) is 0.892. The Balaban J connectivity index is 2.23. The lowest BCUT2D eigenvalue weighted by Gasteiger charge is -2.07. The minimum Gasteiger partial charge on any atom is -0.394 e. The van der Waals surface area contributed by atoms with Crippen molar-refractivity contribution in [1.82, 2.24) is 14.6 Å². The van der Waals surface area contributed by atoms with Crippen LogP contribution in [0.25, 0.3) is 4.96 Å². The second-order valence-electron chi connectivity index (χ2n) is 3.24. The monoisotopic (exact) mass is 212 g/mol. The van der Waals surface area contributed by atoms with E-state index in [1.54, 1.807) is 4.52 Å². The summed E-state index contributed by atoms with van der Waals surface area (Å²) in [7, 11) is 0. The van der Waals surface area contributed by atoms with Crippen LogP contribution in [0.4, 0.5) is 5.13 Å². The molecule has 2 rings (SSSR count). The summed E-state index contributed by atoms with van der Waals surface area (Å²) in [6.45, 7) is 3.93. The van der Waals surface area contributed by atoms with Gasteiger partial charge in [0.05, 0.1) is 18.5 Å². The van der Waals surface area contributed by atoms with E-state index >= 15 is 0 Å². The Kier molecular flexibility index (Phi) is 2.39. The van der Waals surface area contributed by atoms with E-state index in [2.05, 4.69) is 15.4 Å². The molecule has 2 aromatic heterocycles. The second kappa shape index (κ2) is 3.55. The third kappa shape index (κ3) is 1.71. The number of aliphatic hydroxyl groups excluding tert-OH is 1. The minimum absolute atomic E-state index is 0.0203. The van der Waals surface area contributed by atoms with Crippen LogP contribution in [-0.2, 0) is 0 Å². The van der Waals surface area contributed by atoms with E-state index in [1.165, 1.54) is 11.3 Å². The highest BCUT2D eigenvalue weighted by atomic mass is 32.1. The van der Waals surface area contributed by atoms with Crippen LogP contribution in [0.3, 0.4) is 0 Å². The molecule has 1 unspecified atom stereocenters. The molecule has 0 radical (unpaired) electrons. The van der Waals surface area contributed by atoms with Gasteiger partial charge in [-0.25, -0.2) is 9.50 Å². The van der Waals surface area contributed by atoms with Crippen molar-refractivity contribution in [2.24, 2.45) is 0 Å². The number of hydrogen-bond donors (Lipinski definition) is 2. The molecule has 0 bridgehead atoms. The molecule has 76 valence electrons. The van der Waals surface area contributed by atoms with Crippen LogP contribution in [0, 0.1) is 6.92 Å². The molecule has 0 amide bonds. The average Bonchev–Trinajstić information content (AvgIpc) is 2.60. The van der Waals surface area contributed by atoms with Crippen LogP contribution < -0.4 is 5.32 Å². The van der Waals surface area contributed by atoms with E-state index < -0.39 is 0 Å². The minimum atomic E-state index is 0.0203. The zero-order chi connectivity index (χ0) is 10.1. The molecule has 0 saturated carbocycles. The molecular weight excluding hydrogens is 200 g/mol. The molecule has 0 spiro atoms. The van der Waals surface area contributed by atoms with Crippen molar-refractivity contribution in [2.45, 2.75) is 19.9 Å². The number of nitrogens with zero attached hydrogens (tertiary/aromatic N) is 3. The van der Waals surface area contributed by atoms with E-state index in [9.17, 15) is 0 Å². The zero-order valence-electron chi connectivity index (χ0n) is 8.06. The number of hydrogen-bond acceptors (Lipinski definition) is 5. The van der Waals surface area contributed by atoms with Gasteiger partial charge in [-0.05, 0) is 13.8 Å². The predicted molar refractivity (Wildman–Crippen MR) is 55.8 cm³/mol. The lowest BCUT2D eigenvalue weighted by Crippen LogP contribution is -2.19. The molecular formula is C8H12N4OS. The molecule has 0 aromatic carbocycles. The summed E-state index contributed by atoms with van der Waals surface area (Å²) in [6, 6.07) is 0.0203. The molecule has 6 heteroatoms. The molecule has 1 atom stereocenters. The number of anilines is 1. The van der Waals surface area contributed by atoms with Gasteiger partial charge in [0.15, 0.2) is 0 Å². The maximum absolute atomic E-state index is 8.86. The standard InChI is InChI=1S/C8H12N4OS/c1-5-3-12-8(10-5)14-7(11-12)9-6(2)4-13/h3,6,13H,4H2,1-2H3,(H,9,11). The summed E-state index contributed by atoms with van der Waals surface area (Å²) < 4.78 is 1.74. The van der Waals surface area contributed by atoms with Gasteiger partial charge in [0, 0.05) is 6.04 Å². The van der Waals surface area contributed by atoms with E-state index in [0.717, 1.165) is 15.8 Å². The zero-order valence-corrected chi connectivity index (χ0v) is 8.88. The molecule has 0 aliphatic rings. The van der Waals surface area contributed by atoms with E-state index in [1.807, 2.05) is 20.0 Å². The van der Waals surface area contributed by atoms with Crippen LogP contribution in [-0.4, -0.2) is 32.4 Å². The number of imidazole rings is 1. The Morgan fingerprint density at radius 3 is 3.14 bits per heavy atom. The van der Waals surface area contributed by atoms with Crippen molar-refractivity contribution in [3.63, 3.8) is 0 Å². The first kappa shape index (κ1) is 9.42. The fourth-order valence-corrected chi connectivity index (χ4v) is 2.06. The molecule has 2 heterocycles. The SMILES string of the molecule is Cc1cn2nc(NC(C)CO)sc2n1. The van der Waals surface area contributed by atoms with Gasteiger partial charge in [-0.2, -0.15) is 0 Å². The summed E-state index contributed by atoms with van der Waals surface area (Å²) in [5.74, 6) is 0. The molecule has 2 aromatic rings. The van der Waals surface area contributed by atoms with Crippen LogP contribution in [0.15, 0.2) is 6.20 Å². The lowest BCUT2D eigenvalue weighted by molar-refractivity contribution is 0.281. The summed E-state index contributed by atoms with van der Waals surface area (Å²) >= 11 is 1.48. The molecule has 2 N–H and O–H groups in total. The largest absolute Gasteiger partial charge is 0.394 e. The third-order valence-corrected chi connectivity index (χ3v) is 2.66. The molecule has 0 aliphatic carbocycles. The summed E-state index contributed by atoms with van der Waals surface area (Å²) in [5.41, 5.74) is 0.963. The van der Waals surface area contributed by atoms with Gasteiger partial charge >= 0.3 is 0 Å². The Hall–Kier alpha value is -1.14. The highest BCUT2D eigenvalue weighted by molar-refractivity contribution is 7.20. The fourth-order valence-electron chi connectivity index (χ4n) is 1.12. The Morgan fingerprint density at radius 1 is 1.71 bits per heavy atom. The van der Waals surface area contributed by atoms with Gasteiger partial charge in [-0.3, -0.25) is 0 Å². The number of aliphatic hydroxyl groups is 1. The quantitative estimate of drug-likeness (QED) is 0.793. The molecule has 5 nitrogen and oxygen atoms in total. The van der Waals surface area contributed by atoms with Crippen molar-refractivity contribution >= 4 is 21.4 Å². The van der Waals surface area contributed by atoms with Crippen LogP contribution >= 0.6 is 11.3 Å². The maximum atomic E-state index is 8.86. The van der Waals surface area contributed by atoms with Crippen LogP contribution in [0.1, 0.15) is 12.6 Å². The Bertz CT molecular complexity index is 404. The Labute approximate surface area is 85.4 Å². The van der Waals surface area contributed by atoms with Crippen LogP contribution in [0.2, 0.25) is 0 Å². The third-order valence-electron chi connectivity index (χ3n) is 1.81. The van der Waals surface area contributed by atoms with Crippen molar-refractivity contribution in [2.75, 3.05) is 11.9 Å². The topological polar surface area (TPSA) is 62.5 Å². The van der Waals surface area contributed by atoms with Gasteiger partial charge in [-0.15, -0.1) is 5.10 Å². The number of nitrogens with one attached hydrogen (secondary N) is 1. The van der Waals surface area contributed by atoms with Gasteiger partial charge < -0.3 is 10.4 Å². The lowest BCUT2D eigenvalue weighted by atomic mass is 10.4. The van der Waals surface area contributed by atoms with Gasteiger partial charge in [0.25, 0.3) is 0 Å². The first-order chi connectivity index (χ1) is 6.69. The number of aryl methyl sites for hydroxylation is 1. The summed E-state index contributed by atoms with van der Waals surface area (Å²) in [6.07, 6.45) is 1.88. The molecule has 0 saturated heterocycles. The highest BCUT2D eigenvalue weighted by Crippen LogP contribution is 2.19. The van der Waals surface area contributed by atoms with E-state index in [0.29, 0.717) is 0 Å². The van der Waals surface area contributed by atoms with Crippen molar-refractivity contribution in [1.29, 1.82) is 0 Å². The van der Waals surface area contributed by atoms with Crippen molar-refractivity contribution in [3.05, 3.63) is 11.9 Å². The number of rotatable bonds is 3. The van der Waals surface area contributed by atoms with Gasteiger partial charge in [-0.1, -0.05) is 11.3 Å². The highest BCUT2D eigenvalue weighted by Gasteiger charge is 2.07. The van der Waals surface area contributed by atoms with E-state index in [4.69, 9.17) is 5.11 Å². The first-order valence-corrected chi connectivity index (χ1v) is 5.21. The van der Waals surface area contributed by atoms with Crippen LogP contribution in [0.5, 0.6) is 0 Å². The van der Waals surface area contributed by atoms with Crippen molar-refractivity contribution < 1.29 is 5.11 Å². The smallest absolute Gasteiger partial charge is 0.214 e. The molecule has 0 fully saturated rings. The van der Waals surface area contributed by atoms with Gasteiger partial charge in [0.1, 0.15) is 0 Å². The normalized spacial score (nSPS) is 13.4. The second-order valence-corrected chi connectivity index (χ2v) is 4.20. The van der Waals surface area contributed by atoms with Crippen molar-refractivity contribution in [3.8, 4) is 0 Å². The van der Waals surface area contributed by atoms with E-state index in [-0.39, 0.29) is 12.6 Å². The summed E-state index contributed by atoms with van der Waals surface area (Å²) in [5, 5.41) is 17.0. The number of fused-ring (bicyclic) bond motifs is 1. The maximum Gasteiger partial charge on any atom is 0.214 e. The molecule has 0 aliphatic heterocycles. The number of aromatic nitrogens is 3. The fraction of sp³-hybridized carbons (Fsp3) is 0.500.